The number of carbonyl (C=O) groups is 1. The van der Waals surface area contributed by atoms with Gasteiger partial charge in [-0.25, -0.2) is 0 Å². The largest absolute Gasteiger partial charge is 0.393 e. The summed E-state index contributed by atoms with van der Waals surface area (Å²) in [6.07, 6.45) is 3.86. The predicted octanol–water partition coefficient (Wildman–Crippen LogP) is 3.10. The van der Waals surface area contributed by atoms with Crippen molar-refractivity contribution in [3.05, 3.63) is 29.3 Å². The Hall–Kier alpha value is -0.710. The second-order valence-corrected chi connectivity index (χ2v) is 6.64. The van der Waals surface area contributed by atoms with E-state index in [0.717, 1.165) is 30.6 Å². The summed E-state index contributed by atoms with van der Waals surface area (Å²) in [5, 5.41) is 13.5. The van der Waals surface area contributed by atoms with Gasteiger partial charge in [0.25, 0.3) is 0 Å². The van der Waals surface area contributed by atoms with Gasteiger partial charge in [-0.2, -0.15) is 0 Å². The Balaban J connectivity index is 1.68. The fourth-order valence-corrected chi connectivity index (χ4v) is 3.26. The molecule has 0 aromatic heterocycles. The van der Waals surface area contributed by atoms with Gasteiger partial charge in [0, 0.05) is 22.4 Å². The quantitative estimate of drug-likeness (QED) is 0.821. The van der Waals surface area contributed by atoms with Crippen LogP contribution in [-0.4, -0.2) is 29.4 Å². The maximum absolute atomic E-state index is 11.8. The first-order chi connectivity index (χ1) is 9.65. The van der Waals surface area contributed by atoms with E-state index in [-0.39, 0.29) is 17.9 Å². The van der Waals surface area contributed by atoms with Crippen molar-refractivity contribution in [3.63, 3.8) is 0 Å². The number of thioether (sulfide) groups is 1. The van der Waals surface area contributed by atoms with Gasteiger partial charge in [0.05, 0.1) is 11.9 Å². The molecule has 0 heterocycles. The topological polar surface area (TPSA) is 49.3 Å². The molecule has 0 saturated heterocycles. The number of amides is 1. The molecule has 20 heavy (non-hydrogen) atoms. The standard InChI is InChI=1S/C15H20ClNO2S/c16-12-5-7-13(8-6-12)20-10-15(19)17-9-11-3-1-2-4-14(11)18/h5-8,11,14,18H,1-4,9-10H2,(H,17,19). The molecule has 2 atom stereocenters. The smallest absolute Gasteiger partial charge is 0.230 e. The Labute approximate surface area is 129 Å². The molecule has 1 aromatic carbocycles. The van der Waals surface area contributed by atoms with Gasteiger partial charge in [-0.1, -0.05) is 24.4 Å². The van der Waals surface area contributed by atoms with Crippen LogP contribution in [-0.2, 0) is 4.79 Å². The van der Waals surface area contributed by atoms with E-state index in [0.29, 0.717) is 17.3 Å². The molecule has 0 aliphatic heterocycles. The average Bonchev–Trinajstić information content (AvgIpc) is 2.46. The van der Waals surface area contributed by atoms with Crippen molar-refractivity contribution >= 4 is 29.3 Å². The molecule has 2 unspecified atom stereocenters. The summed E-state index contributed by atoms with van der Waals surface area (Å²) in [5.41, 5.74) is 0. The van der Waals surface area contributed by atoms with Crippen LogP contribution in [0.1, 0.15) is 25.7 Å². The molecule has 1 fully saturated rings. The molecule has 0 radical (unpaired) electrons. The summed E-state index contributed by atoms with van der Waals surface area (Å²) in [6.45, 7) is 0.585. The molecule has 1 amide bonds. The molecule has 2 N–H and O–H groups in total. The maximum atomic E-state index is 11.8. The van der Waals surface area contributed by atoms with E-state index in [2.05, 4.69) is 5.32 Å². The summed E-state index contributed by atoms with van der Waals surface area (Å²) in [5.74, 6) is 0.626. The molecular weight excluding hydrogens is 294 g/mol. The average molecular weight is 314 g/mol. The number of hydrogen-bond donors (Lipinski definition) is 2. The van der Waals surface area contributed by atoms with Crippen LogP contribution in [0.5, 0.6) is 0 Å². The highest BCUT2D eigenvalue weighted by atomic mass is 35.5. The van der Waals surface area contributed by atoms with Crippen LogP contribution in [0.15, 0.2) is 29.2 Å². The molecule has 1 saturated carbocycles. The SMILES string of the molecule is O=C(CSc1ccc(Cl)cc1)NCC1CCCCC1O. The van der Waals surface area contributed by atoms with Gasteiger partial charge in [-0.3, -0.25) is 4.79 Å². The van der Waals surface area contributed by atoms with Crippen LogP contribution in [0.3, 0.4) is 0 Å². The number of aliphatic hydroxyl groups is 1. The fraction of sp³-hybridized carbons (Fsp3) is 0.533. The van der Waals surface area contributed by atoms with Crippen molar-refractivity contribution in [1.82, 2.24) is 5.32 Å². The number of nitrogens with one attached hydrogen (secondary N) is 1. The van der Waals surface area contributed by atoms with Gasteiger partial charge < -0.3 is 10.4 Å². The zero-order valence-corrected chi connectivity index (χ0v) is 12.9. The minimum atomic E-state index is -0.257. The molecule has 1 aromatic rings. The Morgan fingerprint density at radius 1 is 1.30 bits per heavy atom. The molecule has 0 bridgehead atoms. The third kappa shape index (κ3) is 5.00. The fourth-order valence-electron chi connectivity index (χ4n) is 2.40. The van der Waals surface area contributed by atoms with E-state index in [4.69, 9.17) is 11.6 Å². The minimum absolute atomic E-state index is 0.0164. The van der Waals surface area contributed by atoms with Crippen molar-refractivity contribution in [2.75, 3.05) is 12.3 Å². The number of benzene rings is 1. The summed E-state index contributed by atoms with van der Waals surface area (Å²) >= 11 is 7.30. The number of halogens is 1. The zero-order valence-electron chi connectivity index (χ0n) is 11.3. The predicted molar refractivity (Wildman–Crippen MR) is 83.2 cm³/mol. The van der Waals surface area contributed by atoms with Gasteiger partial charge in [0.1, 0.15) is 0 Å². The number of aliphatic hydroxyl groups excluding tert-OH is 1. The van der Waals surface area contributed by atoms with Gasteiger partial charge in [-0.05, 0) is 37.1 Å². The van der Waals surface area contributed by atoms with E-state index in [1.807, 2.05) is 24.3 Å². The van der Waals surface area contributed by atoms with Gasteiger partial charge in [-0.15, -0.1) is 11.8 Å². The lowest BCUT2D eigenvalue weighted by atomic mass is 9.86. The highest BCUT2D eigenvalue weighted by Crippen LogP contribution is 2.24. The van der Waals surface area contributed by atoms with Gasteiger partial charge in [0.15, 0.2) is 0 Å². The van der Waals surface area contributed by atoms with Gasteiger partial charge >= 0.3 is 0 Å². The molecule has 3 nitrogen and oxygen atoms in total. The Morgan fingerprint density at radius 3 is 2.70 bits per heavy atom. The summed E-state index contributed by atoms with van der Waals surface area (Å²) in [6, 6.07) is 7.46. The lowest BCUT2D eigenvalue weighted by Crippen LogP contribution is -2.37. The van der Waals surface area contributed by atoms with E-state index < -0.39 is 0 Å². The summed E-state index contributed by atoms with van der Waals surface area (Å²) in [7, 11) is 0. The molecule has 5 heteroatoms. The number of rotatable bonds is 5. The van der Waals surface area contributed by atoms with Crippen molar-refractivity contribution < 1.29 is 9.90 Å². The normalized spacial score (nSPS) is 22.5. The van der Waals surface area contributed by atoms with Crippen molar-refractivity contribution in [2.24, 2.45) is 5.92 Å². The van der Waals surface area contributed by atoms with Crippen molar-refractivity contribution in [3.8, 4) is 0 Å². The van der Waals surface area contributed by atoms with Crippen LogP contribution in [0, 0.1) is 5.92 Å². The maximum Gasteiger partial charge on any atom is 0.230 e. The Morgan fingerprint density at radius 2 is 2.00 bits per heavy atom. The second kappa shape index (κ2) is 7.91. The second-order valence-electron chi connectivity index (χ2n) is 5.16. The van der Waals surface area contributed by atoms with Gasteiger partial charge in [0.2, 0.25) is 5.91 Å². The van der Waals surface area contributed by atoms with E-state index in [1.54, 1.807) is 0 Å². The van der Waals surface area contributed by atoms with Crippen LogP contribution < -0.4 is 5.32 Å². The monoisotopic (exact) mass is 313 g/mol. The highest BCUT2D eigenvalue weighted by Gasteiger charge is 2.23. The highest BCUT2D eigenvalue weighted by molar-refractivity contribution is 8.00. The number of hydrogen-bond acceptors (Lipinski definition) is 3. The first-order valence-electron chi connectivity index (χ1n) is 6.98. The zero-order chi connectivity index (χ0) is 14.4. The van der Waals surface area contributed by atoms with Crippen LogP contribution in [0.4, 0.5) is 0 Å². The summed E-state index contributed by atoms with van der Waals surface area (Å²) < 4.78 is 0. The molecule has 1 aliphatic rings. The molecule has 2 rings (SSSR count). The first-order valence-corrected chi connectivity index (χ1v) is 8.34. The Bertz CT molecular complexity index is 438. The lowest BCUT2D eigenvalue weighted by Gasteiger charge is -2.27. The third-order valence-corrected chi connectivity index (χ3v) is 4.88. The minimum Gasteiger partial charge on any atom is -0.393 e. The first kappa shape index (κ1) is 15.7. The van der Waals surface area contributed by atoms with E-state index in [1.165, 1.54) is 11.8 Å². The van der Waals surface area contributed by atoms with Crippen LogP contribution in [0.25, 0.3) is 0 Å². The Kier molecular flexibility index (Phi) is 6.20. The van der Waals surface area contributed by atoms with E-state index >= 15 is 0 Å². The van der Waals surface area contributed by atoms with Crippen molar-refractivity contribution in [2.45, 2.75) is 36.7 Å². The molecular formula is C15H20ClNO2S. The van der Waals surface area contributed by atoms with Crippen LogP contribution in [0.2, 0.25) is 5.02 Å². The van der Waals surface area contributed by atoms with E-state index in [9.17, 15) is 9.90 Å². The third-order valence-electron chi connectivity index (χ3n) is 3.61. The molecule has 110 valence electrons. The molecule has 1 aliphatic carbocycles. The lowest BCUT2D eigenvalue weighted by molar-refractivity contribution is -0.119. The number of carbonyl (C=O) groups excluding carboxylic acids is 1. The summed E-state index contributed by atoms with van der Waals surface area (Å²) in [4.78, 5) is 12.8. The molecule has 0 spiro atoms. The van der Waals surface area contributed by atoms with Crippen molar-refractivity contribution in [1.29, 1.82) is 0 Å². The van der Waals surface area contributed by atoms with Crippen LogP contribution >= 0.6 is 23.4 Å².